The predicted molar refractivity (Wildman–Crippen MR) is 100 cm³/mol. The maximum atomic E-state index is 12.6. The highest BCUT2D eigenvalue weighted by molar-refractivity contribution is 6.07. The highest BCUT2D eigenvalue weighted by Crippen LogP contribution is 2.44. The van der Waals surface area contributed by atoms with E-state index in [0.29, 0.717) is 16.9 Å². The zero-order valence-electron chi connectivity index (χ0n) is 15.8. The predicted octanol–water partition coefficient (Wildman–Crippen LogP) is 1.33. The monoisotopic (exact) mass is 398 g/mol. The van der Waals surface area contributed by atoms with Crippen molar-refractivity contribution in [1.82, 2.24) is 0 Å². The van der Waals surface area contributed by atoms with Crippen LogP contribution in [0.25, 0.3) is 0 Å². The van der Waals surface area contributed by atoms with Crippen LogP contribution in [0.3, 0.4) is 0 Å². The molecule has 1 amide bonds. The van der Waals surface area contributed by atoms with Crippen LogP contribution in [0.1, 0.15) is 5.56 Å². The molecule has 0 unspecified atom stereocenters. The lowest BCUT2D eigenvalue weighted by atomic mass is 10.0. The third kappa shape index (κ3) is 2.91. The number of fused-ring (bicyclic) bond motifs is 2. The van der Waals surface area contributed by atoms with Crippen molar-refractivity contribution in [2.24, 2.45) is 0 Å². The Morgan fingerprint density at radius 3 is 2.52 bits per heavy atom. The van der Waals surface area contributed by atoms with Gasteiger partial charge in [-0.15, -0.1) is 0 Å². The van der Waals surface area contributed by atoms with Crippen LogP contribution < -0.4 is 10.2 Å². The fourth-order valence-corrected chi connectivity index (χ4v) is 3.45. The van der Waals surface area contributed by atoms with E-state index in [1.165, 1.54) is 25.2 Å². The molecule has 0 saturated carbocycles. The lowest BCUT2D eigenvalue weighted by Gasteiger charge is -2.25. The van der Waals surface area contributed by atoms with Gasteiger partial charge < -0.3 is 29.2 Å². The number of methoxy groups -OCH3 is 2. The number of ether oxygens (including phenoxy) is 4. The Bertz CT molecular complexity index is 987. The molecule has 3 heterocycles. The molecule has 29 heavy (non-hydrogen) atoms. The van der Waals surface area contributed by atoms with Crippen molar-refractivity contribution in [2.45, 2.75) is 5.79 Å². The van der Waals surface area contributed by atoms with Crippen molar-refractivity contribution in [3.05, 3.63) is 59.5 Å². The van der Waals surface area contributed by atoms with E-state index >= 15 is 0 Å². The SMILES string of the molecule is COC(=O)C1=C(C(=O)OC)N(c2ccc3c(c2)C2(OCCO2)C(=O)N3)C=CC=C1. The molecule has 1 N–H and O–H groups in total. The second-order valence-corrected chi connectivity index (χ2v) is 6.31. The van der Waals surface area contributed by atoms with E-state index in [2.05, 4.69) is 5.32 Å². The highest BCUT2D eigenvalue weighted by atomic mass is 16.7. The number of allylic oxidation sites excluding steroid dienone is 2. The average Bonchev–Trinajstić information content (AvgIpc) is 3.26. The summed E-state index contributed by atoms with van der Waals surface area (Å²) in [5, 5.41) is 2.74. The third-order valence-electron chi connectivity index (χ3n) is 4.77. The zero-order valence-corrected chi connectivity index (χ0v) is 15.8. The zero-order chi connectivity index (χ0) is 20.6. The number of carbonyl (C=O) groups excluding carboxylic acids is 3. The summed E-state index contributed by atoms with van der Waals surface area (Å²) in [6, 6.07) is 5.05. The van der Waals surface area contributed by atoms with Crippen LogP contribution in [-0.2, 0) is 39.1 Å². The van der Waals surface area contributed by atoms with Crippen LogP contribution in [0.4, 0.5) is 11.4 Å². The topological polar surface area (TPSA) is 103 Å². The number of esters is 2. The summed E-state index contributed by atoms with van der Waals surface area (Å²) in [6.07, 6.45) is 6.34. The molecule has 1 aromatic rings. The van der Waals surface area contributed by atoms with Crippen molar-refractivity contribution < 1.29 is 33.3 Å². The van der Waals surface area contributed by atoms with E-state index in [9.17, 15) is 14.4 Å². The Balaban J connectivity index is 1.86. The number of anilines is 2. The number of nitrogens with zero attached hydrogens (tertiary/aromatic N) is 1. The third-order valence-corrected chi connectivity index (χ3v) is 4.77. The Morgan fingerprint density at radius 2 is 1.83 bits per heavy atom. The number of nitrogens with one attached hydrogen (secondary N) is 1. The van der Waals surface area contributed by atoms with Gasteiger partial charge in [0.1, 0.15) is 5.70 Å². The summed E-state index contributed by atoms with van der Waals surface area (Å²) < 4.78 is 20.9. The molecule has 3 aliphatic heterocycles. The van der Waals surface area contributed by atoms with Gasteiger partial charge in [0, 0.05) is 17.5 Å². The minimum absolute atomic E-state index is 0.0242. The molecule has 1 saturated heterocycles. The first-order valence-corrected chi connectivity index (χ1v) is 8.80. The maximum Gasteiger partial charge on any atom is 0.355 e. The number of rotatable bonds is 3. The lowest BCUT2D eigenvalue weighted by molar-refractivity contribution is -0.178. The molecule has 150 valence electrons. The molecule has 9 heteroatoms. The Morgan fingerprint density at radius 1 is 1.10 bits per heavy atom. The van der Waals surface area contributed by atoms with Crippen molar-refractivity contribution in [3.63, 3.8) is 0 Å². The van der Waals surface area contributed by atoms with Gasteiger partial charge in [-0.05, 0) is 30.4 Å². The van der Waals surface area contributed by atoms with Gasteiger partial charge in [-0.3, -0.25) is 4.79 Å². The first kappa shape index (κ1) is 18.9. The molecule has 9 nitrogen and oxygen atoms in total. The first-order chi connectivity index (χ1) is 14.0. The summed E-state index contributed by atoms with van der Waals surface area (Å²) in [5.74, 6) is -3.33. The summed E-state index contributed by atoms with van der Waals surface area (Å²) in [5.41, 5.74) is 1.55. The van der Waals surface area contributed by atoms with Gasteiger partial charge in [-0.25, -0.2) is 9.59 Å². The van der Waals surface area contributed by atoms with Gasteiger partial charge >= 0.3 is 11.9 Å². The fraction of sp³-hybridized carbons (Fsp3) is 0.250. The second kappa shape index (κ2) is 7.19. The molecule has 1 aromatic carbocycles. The Hall–Kier alpha value is -3.43. The van der Waals surface area contributed by atoms with Gasteiger partial charge in [-0.2, -0.15) is 0 Å². The smallest absolute Gasteiger partial charge is 0.355 e. The normalized spacial score (nSPS) is 19.2. The van der Waals surface area contributed by atoms with Crippen LogP contribution in [0.2, 0.25) is 0 Å². The minimum atomic E-state index is -1.51. The van der Waals surface area contributed by atoms with Gasteiger partial charge in [0.15, 0.2) is 0 Å². The van der Waals surface area contributed by atoms with Crippen LogP contribution in [0.5, 0.6) is 0 Å². The molecule has 3 aliphatic rings. The Labute approximate surface area is 166 Å². The van der Waals surface area contributed by atoms with E-state index in [1.54, 1.807) is 36.6 Å². The maximum absolute atomic E-state index is 12.6. The van der Waals surface area contributed by atoms with Gasteiger partial charge in [0.25, 0.3) is 11.7 Å². The molecule has 0 aromatic heterocycles. The number of benzene rings is 1. The summed E-state index contributed by atoms with van der Waals surface area (Å²) in [6.45, 7) is 0.564. The van der Waals surface area contributed by atoms with Crippen LogP contribution in [0.15, 0.2) is 53.9 Å². The molecular formula is C20H18N2O7. The molecule has 0 radical (unpaired) electrons. The average molecular weight is 398 g/mol. The van der Waals surface area contributed by atoms with Crippen molar-refractivity contribution in [1.29, 1.82) is 0 Å². The van der Waals surface area contributed by atoms with E-state index in [1.807, 2.05) is 0 Å². The number of hydrogen-bond donors (Lipinski definition) is 1. The molecule has 1 spiro atoms. The second-order valence-electron chi connectivity index (χ2n) is 6.31. The van der Waals surface area contributed by atoms with E-state index in [4.69, 9.17) is 18.9 Å². The molecule has 4 rings (SSSR count). The highest BCUT2D eigenvalue weighted by Gasteiger charge is 2.52. The first-order valence-electron chi connectivity index (χ1n) is 8.80. The molecule has 0 bridgehead atoms. The fourth-order valence-electron chi connectivity index (χ4n) is 3.45. The van der Waals surface area contributed by atoms with Crippen LogP contribution in [0, 0.1) is 0 Å². The summed E-state index contributed by atoms with van der Waals surface area (Å²) >= 11 is 0. The largest absolute Gasteiger partial charge is 0.465 e. The minimum Gasteiger partial charge on any atom is -0.465 e. The standard InChI is InChI=1S/C20H18N2O7/c1-26-17(23)13-5-3-4-8-22(16(13)18(24)27-2)12-6-7-15-14(11-12)20(19(25)21-15)28-9-10-29-20/h3-8,11H,9-10H2,1-2H3,(H,21,25). The number of amides is 1. The Kier molecular flexibility index (Phi) is 4.69. The summed E-state index contributed by atoms with van der Waals surface area (Å²) in [4.78, 5) is 38.8. The van der Waals surface area contributed by atoms with Crippen molar-refractivity contribution in [2.75, 3.05) is 37.7 Å². The number of carbonyl (C=O) groups is 3. The number of hydrogen-bond acceptors (Lipinski definition) is 8. The van der Waals surface area contributed by atoms with Gasteiger partial charge in [0.2, 0.25) is 0 Å². The van der Waals surface area contributed by atoms with Crippen molar-refractivity contribution in [3.8, 4) is 0 Å². The lowest BCUT2D eigenvalue weighted by Crippen LogP contribution is -2.35. The molecule has 0 aliphatic carbocycles. The summed E-state index contributed by atoms with van der Waals surface area (Å²) in [7, 11) is 2.45. The van der Waals surface area contributed by atoms with E-state index in [0.717, 1.165) is 0 Å². The van der Waals surface area contributed by atoms with Gasteiger partial charge in [0.05, 0.1) is 38.7 Å². The quantitative estimate of drug-likeness (QED) is 0.761. The molecule has 1 fully saturated rings. The van der Waals surface area contributed by atoms with Crippen LogP contribution >= 0.6 is 0 Å². The van der Waals surface area contributed by atoms with E-state index in [-0.39, 0.29) is 24.5 Å². The molecule has 0 atom stereocenters. The van der Waals surface area contributed by atoms with Gasteiger partial charge in [-0.1, -0.05) is 6.08 Å². The van der Waals surface area contributed by atoms with Crippen LogP contribution in [-0.4, -0.2) is 45.3 Å². The van der Waals surface area contributed by atoms with Crippen molar-refractivity contribution >= 4 is 29.2 Å². The van der Waals surface area contributed by atoms with E-state index < -0.39 is 23.6 Å². The molecular weight excluding hydrogens is 380 g/mol.